The van der Waals surface area contributed by atoms with Gasteiger partial charge in [-0.05, 0) is 43.9 Å². The van der Waals surface area contributed by atoms with Gasteiger partial charge < -0.3 is 13.9 Å². The van der Waals surface area contributed by atoms with Crippen LogP contribution in [0.4, 0.5) is 0 Å². The van der Waals surface area contributed by atoms with E-state index in [1.54, 1.807) is 18.2 Å². The molecule has 1 aliphatic carbocycles. The van der Waals surface area contributed by atoms with Crippen molar-refractivity contribution in [3.05, 3.63) is 39.7 Å². The number of aryl methyl sites for hydroxylation is 1. The zero-order valence-corrected chi connectivity index (χ0v) is 12.6. The molecule has 1 aromatic heterocycles. The van der Waals surface area contributed by atoms with Crippen LogP contribution in [0.1, 0.15) is 24.5 Å². The summed E-state index contributed by atoms with van der Waals surface area (Å²) in [5.41, 5.74) is 1.96. The second kappa shape index (κ2) is 6.13. The molecule has 118 valence electrons. The lowest BCUT2D eigenvalue weighted by Crippen LogP contribution is -2.19. The predicted molar refractivity (Wildman–Crippen MR) is 81.2 cm³/mol. The van der Waals surface area contributed by atoms with Crippen molar-refractivity contribution in [3.8, 4) is 11.8 Å². The molecule has 0 N–H and O–H groups in total. The minimum absolute atomic E-state index is 0.301. The number of benzene rings is 1. The number of hydrogen-bond donors (Lipinski definition) is 0. The topological polar surface area (TPSA) is 89.5 Å². The summed E-state index contributed by atoms with van der Waals surface area (Å²) in [6, 6.07) is 6.95. The van der Waals surface area contributed by atoms with E-state index in [9.17, 15) is 9.59 Å². The summed E-state index contributed by atoms with van der Waals surface area (Å²) in [4.78, 5) is 23.4. The lowest BCUT2D eigenvalue weighted by atomic mass is 10.1. The molecule has 1 heterocycles. The summed E-state index contributed by atoms with van der Waals surface area (Å²) < 4.78 is 15.5. The summed E-state index contributed by atoms with van der Waals surface area (Å²) in [7, 11) is 0. The lowest BCUT2D eigenvalue weighted by molar-refractivity contribution is -0.148. The first-order valence-corrected chi connectivity index (χ1v) is 7.39. The number of hydrogen-bond acceptors (Lipinski definition) is 6. The number of fused-ring (bicyclic) bond motifs is 3. The fourth-order valence-corrected chi connectivity index (χ4v) is 2.75. The number of nitrogens with zero attached hydrogens (tertiary/aromatic N) is 1. The maximum atomic E-state index is 11.9. The van der Waals surface area contributed by atoms with Crippen LogP contribution in [0.3, 0.4) is 0 Å². The SMILES string of the molecule is C[C@H](C#N)OC(=O)COc1ccc2c3c(c(=O)oc2c1)CCC3. The van der Waals surface area contributed by atoms with Crippen LogP contribution in [-0.2, 0) is 22.4 Å². The Morgan fingerprint density at radius 2 is 2.17 bits per heavy atom. The molecule has 6 nitrogen and oxygen atoms in total. The maximum absolute atomic E-state index is 11.9. The van der Waals surface area contributed by atoms with Gasteiger partial charge in [-0.15, -0.1) is 0 Å². The van der Waals surface area contributed by atoms with Gasteiger partial charge in [-0.2, -0.15) is 5.26 Å². The fourth-order valence-electron chi connectivity index (χ4n) is 2.75. The zero-order chi connectivity index (χ0) is 16.4. The van der Waals surface area contributed by atoms with Gasteiger partial charge in [0, 0.05) is 17.0 Å². The van der Waals surface area contributed by atoms with E-state index in [4.69, 9.17) is 19.2 Å². The average Bonchev–Trinajstić information content (AvgIpc) is 3.03. The van der Waals surface area contributed by atoms with Crippen molar-refractivity contribution in [2.24, 2.45) is 0 Å². The van der Waals surface area contributed by atoms with Crippen molar-refractivity contribution in [1.82, 2.24) is 0 Å². The number of rotatable bonds is 4. The van der Waals surface area contributed by atoms with Gasteiger partial charge in [-0.25, -0.2) is 9.59 Å². The van der Waals surface area contributed by atoms with E-state index in [1.807, 2.05) is 6.07 Å². The minimum atomic E-state index is -0.816. The molecular weight excluding hydrogens is 298 g/mol. The molecule has 0 bridgehead atoms. The van der Waals surface area contributed by atoms with Crippen molar-refractivity contribution in [1.29, 1.82) is 5.26 Å². The van der Waals surface area contributed by atoms with Gasteiger partial charge in [0.2, 0.25) is 0 Å². The molecule has 0 spiro atoms. The Morgan fingerprint density at radius 1 is 1.39 bits per heavy atom. The Hall–Kier alpha value is -2.81. The monoisotopic (exact) mass is 313 g/mol. The first-order chi connectivity index (χ1) is 11.1. The summed E-state index contributed by atoms with van der Waals surface area (Å²) in [5, 5.41) is 9.49. The average molecular weight is 313 g/mol. The zero-order valence-electron chi connectivity index (χ0n) is 12.6. The van der Waals surface area contributed by atoms with Crippen LogP contribution in [0.5, 0.6) is 5.75 Å². The molecule has 0 radical (unpaired) electrons. The second-order valence-corrected chi connectivity index (χ2v) is 5.41. The molecule has 1 aliphatic rings. The maximum Gasteiger partial charge on any atom is 0.345 e. The van der Waals surface area contributed by atoms with Crippen LogP contribution in [0.25, 0.3) is 11.0 Å². The van der Waals surface area contributed by atoms with Gasteiger partial charge in [0.1, 0.15) is 17.4 Å². The molecule has 3 rings (SSSR count). The molecule has 6 heteroatoms. The van der Waals surface area contributed by atoms with E-state index in [1.165, 1.54) is 6.92 Å². The molecule has 0 amide bonds. The van der Waals surface area contributed by atoms with Crippen LogP contribution in [0.15, 0.2) is 27.4 Å². The number of ether oxygens (including phenoxy) is 2. The molecule has 23 heavy (non-hydrogen) atoms. The fraction of sp³-hybridized carbons (Fsp3) is 0.353. The van der Waals surface area contributed by atoms with E-state index in [0.717, 1.165) is 35.8 Å². The molecule has 0 saturated carbocycles. The van der Waals surface area contributed by atoms with Gasteiger partial charge in [0.25, 0.3) is 0 Å². The molecule has 1 aromatic carbocycles. The van der Waals surface area contributed by atoms with Crippen molar-refractivity contribution >= 4 is 16.9 Å². The third-order valence-electron chi connectivity index (χ3n) is 3.79. The van der Waals surface area contributed by atoms with Gasteiger partial charge in [0.05, 0.1) is 0 Å². The smallest absolute Gasteiger partial charge is 0.345 e. The Bertz CT molecular complexity index is 862. The molecule has 2 aromatic rings. The van der Waals surface area contributed by atoms with Crippen molar-refractivity contribution < 1.29 is 18.7 Å². The highest BCUT2D eigenvalue weighted by Crippen LogP contribution is 2.29. The summed E-state index contributed by atoms with van der Waals surface area (Å²) in [5.74, 6) is -0.227. The number of carbonyl (C=O) groups excluding carboxylic acids is 1. The molecule has 0 aliphatic heterocycles. The summed E-state index contributed by atoms with van der Waals surface area (Å²) in [6.45, 7) is 1.16. The van der Waals surface area contributed by atoms with Crippen LogP contribution in [-0.4, -0.2) is 18.7 Å². The summed E-state index contributed by atoms with van der Waals surface area (Å²) in [6.07, 6.45) is 1.77. The third-order valence-corrected chi connectivity index (χ3v) is 3.79. The lowest BCUT2D eigenvalue weighted by Gasteiger charge is -2.09. The molecule has 0 saturated heterocycles. The molecule has 1 atom stereocenters. The summed E-state index contributed by atoms with van der Waals surface area (Å²) >= 11 is 0. The van der Waals surface area contributed by atoms with E-state index in [-0.39, 0.29) is 12.2 Å². The normalized spacial score (nSPS) is 14.1. The number of carbonyl (C=O) groups is 1. The molecular formula is C17H15NO5. The Morgan fingerprint density at radius 3 is 2.96 bits per heavy atom. The van der Waals surface area contributed by atoms with Crippen LogP contribution in [0, 0.1) is 11.3 Å². The Kier molecular flexibility index (Phi) is 4.02. The van der Waals surface area contributed by atoms with Gasteiger partial charge in [-0.3, -0.25) is 0 Å². The van der Waals surface area contributed by atoms with Gasteiger partial charge in [-0.1, -0.05) is 0 Å². The van der Waals surface area contributed by atoms with Gasteiger partial charge in [0.15, 0.2) is 12.7 Å². The van der Waals surface area contributed by atoms with E-state index >= 15 is 0 Å². The number of nitriles is 1. The van der Waals surface area contributed by atoms with E-state index in [2.05, 4.69) is 0 Å². The third kappa shape index (κ3) is 3.04. The van der Waals surface area contributed by atoms with E-state index in [0.29, 0.717) is 11.3 Å². The molecule has 0 fully saturated rings. The first-order valence-electron chi connectivity index (χ1n) is 7.39. The highest BCUT2D eigenvalue weighted by molar-refractivity contribution is 5.83. The van der Waals surface area contributed by atoms with Crippen LogP contribution in [0.2, 0.25) is 0 Å². The minimum Gasteiger partial charge on any atom is -0.482 e. The van der Waals surface area contributed by atoms with Crippen molar-refractivity contribution in [2.45, 2.75) is 32.3 Å². The van der Waals surface area contributed by atoms with Crippen LogP contribution >= 0.6 is 0 Å². The number of esters is 1. The predicted octanol–water partition coefficient (Wildman–Crippen LogP) is 2.12. The highest BCUT2D eigenvalue weighted by atomic mass is 16.6. The highest BCUT2D eigenvalue weighted by Gasteiger charge is 2.19. The van der Waals surface area contributed by atoms with Crippen molar-refractivity contribution in [2.75, 3.05) is 6.61 Å². The second-order valence-electron chi connectivity index (χ2n) is 5.41. The van der Waals surface area contributed by atoms with Gasteiger partial charge >= 0.3 is 11.6 Å². The Labute approximate surface area is 132 Å². The quantitative estimate of drug-likeness (QED) is 0.634. The van der Waals surface area contributed by atoms with Crippen LogP contribution < -0.4 is 10.4 Å². The van der Waals surface area contributed by atoms with Crippen molar-refractivity contribution in [3.63, 3.8) is 0 Å². The van der Waals surface area contributed by atoms with E-state index < -0.39 is 12.1 Å². The molecule has 0 unspecified atom stereocenters. The first kappa shape index (κ1) is 15.1. The standard InChI is InChI=1S/C17H15NO5/c1-10(8-18)22-16(19)9-21-11-5-6-13-12-3-2-4-14(12)17(20)23-15(13)7-11/h5-7,10H,2-4,9H2,1H3/t10-/m1/s1. The Balaban J connectivity index is 1.79. The largest absolute Gasteiger partial charge is 0.482 e.